The summed E-state index contributed by atoms with van der Waals surface area (Å²) in [6, 6.07) is -0.379. The number of carbonyl (C=O) groups is 2. The molecule has 0 aromatic heterocycles. The molecule has 1 aliphatic heterocycles. The quantitative estimate of drug-likeness (QED) is 0.845. The SMILES string of the molecule is CCCC.CCCNC(=O)C1CCCCN1C(=O)OC(C)(C)C. The van der Waals surface area contributed by atoms with Crippen LogP contribution < -0.4 is 5.32 Å². The van der Waals surface area contributed by atoms with Gasteiger partial charge in [0.2, 0.25) is 5.91 Å². The molecule has 1 atom stereocenters. The largest absolute Gasteiger partial charge is 0.444 e. The van der Waals surface area contributed by atoms with Crippen LogP contribution in [0.3, 0.4) is 0 Å². The summed E-state index contributed by atoms with van der Waals surface area (Å²) in [6.07, 6.45) is 5.77. The van der Waals surface area contributed by atoms with Gasteiger partial charge in [-0.25, -0.2) is 4.79 Å². The standard InChI is InChI=1S/C14H26N2O3.C4H10/c1-5-9-15-12(17)11-8-6-7-10-16(11)13(18)19-14(2,3)4;1-3-4-2/h11H,5-10H2,1-4H3,(H,15,17);3-4H2,1-2H3. The summed E-state index contributed by atoms with van der Waals surface area (Å²) < 4.78 is 5.37. The number of ether oxygens (including phenoxy) is 1. The Kier molecular flexibility index (Phi) is 10.7. The Balaban J connectivity index is 0.00000108. The molecule has 1 aliphatic rings. The van der Waals surface area contributed by atoms with Gasteiger partial charge in [-0.15, -0.1) is 0 Å². The van der Waals surface area contributed by atoms with E-state index in [1.807, 2.05) is 27.7 Å². The monoisotopic (exact) mass is 328 g/mol. The van der Waals surface area contributed by atoms with Crippen LogP contribution in [0.4, 0.5) is 4.79 Å². The van der Waals surface area contributed by atoms with Crippen LogP contribution in [0.5, 0.6) is 0 Å². The van der Waals surface area contributed by atoms with E-state index in [-0.39, 0.29) is 18.0 Å². The van der Waals surface area contributed by atoms with Gasteiger partial charge in [0.15, 0.2) is 0 Å². The molecule has 5 nitrogen and oxygen atoms in total. The first-order valence-electron chi connectivity index (χ1n) is 9.04. The number of rotatable bonds is 4. The number of amides is 2. The highest BCUT2D eigenvalue weighted by molar-refractivity contribution is 5.85. The van der Waals surface area contributed by atoms with Crippen molar-refractivity contribution in [2.24, 2.45) is 0 Å². The van der Waals surface area contributed by atoms with E-state index in [9.17, 15) is 9.59 Å². The number of nitrogens with zero attached hydrogens (tertiary/aromatic N) is 1. The Hall–Kier alpha value is -1.26. The molecule has 0 radical (unpaired) electrons. The van der Waals surface area contributed by atoms with Gasteiger partial charge in [-0.05, 0) is 46.5 Å². The summed E-state index contributed by atoms with van der Waals surface area (Å²) in [5.41, 5.74) is -0.529. The highest BCUT2D eigenvalue weighted by atomic mass is 16.6. The topological polar surface area (TPSA) is 58.6 Å². The van der Waals surface area contributed by atoms with Crippen LogP contribution in [0.15, 0.2) is 0 Å². The van der Waals surface area contributed by atoms with E-state index in [1.165, 1.54) is 12.8 Å². The lowest BCUT2D eigenvalue weighted by Crippen LogP contribution is -2.53. The third-order valence-electron chi connectivity index (χ3n) is 3.48. The minimum atomic E-state index is -0.529. The van der Waals surface area contributed by atoms with E-state index in [0.717, 1.165) is 25.7 Å². The number of piperidine rings is 1. The Labute approximate surface area is 142 Å². The summed E-state index contributed by atoms with van der Waals surface area (Å²) in [4.78, 5) is 25.8. The first-order valence-corrected chi connectivity index (χ1v) is 9.04. The van der Waals surface area contributed by atoms with E-state index in [4.69, 9.17) is 4.74 Å². The molecule has 1 rings (SSSR count). The summed E-state index contributed by atoms with van der Waals surface area (Å²) in [7, 11) is 0. The molecule has 136 valence electrons. The summed E-state index contributed by atoms with van der Waals surface area (Å²) >= 11 is 0. The summed E-state index contributed by atoms with van der Waals surface area (Å²) in [5, 5.41) is 2.86. The van der Waals surface area contributed by atoms with Crippen molar-refractivity contribution in [3.63, 3.8) is 0 Å². The third kappa shape index (κ3) is 9.47. The fourth-order valence-electron chi connectivity index (χ4n) is 2.11. The van der Waals surface area contributed by atoms with Gasteiger partial charge in [0, 0.05) is 13.1 Å². The van der Waals surface area contributed by atoms with Crippen molar-refractivity contribution < 1.29 is 14.3 Å². The molecular weight excluding hydrogens is 292 g/mol. The number of hydrogen-bond donors (Lipinski definition) is 1. The van der Waals surface area contributed by atoms with Crippen LogP contribution in [0.2, 0.25) is 0 Å². The second-order valence-electron chi connectivity index (χ2n) is 6.98. The van der Waals surface area contributed by atoms with Crippen LogP contribution >= 0.6 is 0 Å². The van der Waals surface area contributed by atoms with Crippen molar-refractivity contribution in [3.05, 3.63) is 0 Å². The van der Waals surface area contributed by atoms with Crippen LogP contribution in [0.25, 0.3) is 0 Å². The van der Waals surface area contributed by atoms with Gasteiger partial charge >= 0.3 is 6.09 Å². The predicted octanol–water partition coefficient (Wildman–Crippen LogP) is 4.11. The zero-order chi connectivity index (χ0) is 17.9. The number of unbranched alkanes of at least 4 members (excludes halogenated alkanes) is 1. The lowest BCUT2D eigenvalue weighted by atomic mass is 10.0. The fraction of sp³-hybridized carbons (Fsp3) is 0.889. The second kappa shape index (κ2) is 11.3. The van der Waals surface area contributed by atoms with Gasteiger partial charge in [-0.3, -0.25) is 9.69 Å². The average molecular weight is 328 g/mol. The lowest BCUT2D eigenvalue weighted by molar-refractivity contribution is -0.127. The van der Waals surface area contributed by atoms with Crippen molar-refractivity contribution in [1.29, 1.82) is 0 Å². The molecule has 1 heterocycles. The number of carbonyl (C=O) groups excluding carboxylic acids is 2. The number of nitrogens with one attached hydrogen (secondary N) is 1. The van der Waals surface area contributed by atoms with E-state index in [2.05, 4.69) is 19.2 Å². The van der Waals surface area contributed by atoms with Gasteiger partial charge in [0.05, 0.1) is 0 Å². The molecule has 0 aromatic carbocycles. The minimum Gasteiger partial charge on any atom is -0.444 e. The molecule has 23 heavy (non-hydrogen) atoms. The van der Waals surface area contributed by atoms with E-state index >= 15 is 0 Å². The van der Waals surface area contributed by atoms with E-state index in [1.54, 1.807) is 4.90 Å². The van der Waals surface area contributed by atoms with Crippen molar-refractivity contribution in [2.75, 3.05) is 13.1 Å². The molecule has 5 heteroatoms. The Bertz CT molecular complexity index is 349. The predicted molar refractivity (Wildman–Crippen MR) is 94.5 cm³/mol. The van der Waals surface area contributed by atoms with Gasteiger partial charge < -0.3 is 10.1 Å². The van der Waals surface area contributed by atoms with Crippen molar-refractivity contribution in [1.82, 2.24) is 10.2 Å². The lowest BCUT2D eigenvalue weighted by Gasteiger charge is -2.35. The van der Waals surface area contributed by atoms with Crippen molar-refractivity contribution in [2.45, 2.75) is 91.7 Å². The minimum absolute atomic E-state index is 0.0626. The molecule has 0 aromatic rings. The van der Waals surface area contributed by atoms with Gasteiger partial charge in [-0.1, -0.05) is 33.6 Å². The zero-order valence-electron chi connectivity index (χ0n) is 15.9. The first-order chi connectivity index (χ1) is 10.8. The number of likely N-dealkylation sites (tertiary alicyclic amines) is 1. The smallest absolute Gasteiger partial charge is 0.410 e. The molecular formula is C18H36N2O3. The van der Waals surface area contributed by atoms with Gasteiger partial charge in [-0.2, -0.15) is 0 Å². The molecule has 1 unspecified atom stereocenters. The highest BCUT2D eigenvalue weighted by Crippen LogP contribution is 2.20. The maximum atomic E-state index is 12.1. The Morgan fingerprint density at radius 2 is 1.70 bits per heavy atom. The maximum absolute atomic E-state index is 12.1. The summed E-state index contributed by atoms with van der Waals surface area (Å²) in [5.74, 6) is -0.0626. The Morgan fingerprint density at radius 3 is 2.17 bits per heavy atom. The van der Waals surface area contributed by atoms with Crippen molar-refractivity contribution in [3.8, 4) is 0 Å². The molecule has 1 N–H and O–H groups in total. The number of hydrogen-bond acceptors (Lipinski definition) is 3. The van der Waals surface area contributed by atoms with Gasteiger partial charge in [0.1, 0.15) is 11.6 Å². The first kappa shape index (κ1) is 21.7. The average Bonchev–Trinajstić information content (AvgIpc) is 2.51. The molecule has 2 amide bonds. The van der Waals surface area contributed by atoms with Gasteiger partial charge in [0.25, 0.3) is 0 Å². The molecule has 1 saturated heterocycles. The second-order valence-corrected chi connectivity index (χ2v) is 6.98. The molecule has 0 bridgehead atoms. The summed E-state index contributed by atoms with van der Waals surface area (Å²) in [6.45, 7) is 13.1. The van der Waals surface area contributed by atoms with Crippen molar-refractivity contribution >= 4 is 12.0 Å². The fourth-order valence-corrected chi connectivity index (χ4v) is 2.11. The molecule has 0 aliphatic carbocycles. The van der Waals surface area contributed by atoms with Crippen LogP contribution in [-0.2, 0) is 9.53 Å². The molecule has 0 saturated carbocycles. The Morgan fingerprint density at radius 1 is 1.09 bits per heavy atom. The highest BCUT2D eigenvalue weighted by Gasteiger charge is 2.34. The molecule has 0 spiro atoms. The van der Waals surface area contributed by atoms with Crippen LogP contribution in [0, 0.1) is 0 Å². The van der Waals surface area contributed by atoms with Crippen LogP contribution in [0.1, 0.15) is 80.1 Å². The van der Waals surface area contributed by atoms with E-state index < -0.39 is 5.60 Å². The zero-order valence-corrected chi connectivity index (χ0v) is 15.9. The van der Waals surface area contributed by atoms with E-state index in [0.29, 0.717) is 13.1 Å². The normalized spacial score (nSPS) is 17.8. The molecule has 1 fully saturated rings. The van der Waals surface area contributed by atoms with Crippen LogP contribution in [-0.4, -0.2) is 41.6 Å². The maximum Gasteiger partial charge on any atom is 0.410 e. The third-order valence-corrected chi connectivity index (χ3v) is 3.48.